The van der Waals surface area contributed by atoms with Crippen molar-refractivity contribution in [2.75, 3.05) is 5.73 Å². The van der Waals surface area contributed by atoms with Crippen LogP contribution in [0, 0.1) is 0 Å². The highest BCUT2D eigenvalue weighted by Gasteiger charge is 2.39. The zero-order valence-corrected chi connectivity index (χ0v) is 20.9. The van der Waals surface area contributed by atoms with Crippen molar-refractivity contribution in [1.29, 1.82) is 0 Å². The molecule has 1 aliphatic rings. The van der Waals surface area contributed by atoms with Gasteiger partial charge in [-0.15, -0.1) is 0 Å². The van der Waals surface area contributed by atoms with Crippen LogP contribution in [0.3, 0.4) is 0 Å². The lowest BCUT2D eigenvalue weighted by Crippen LogP contribution is -2.25. The number of benzene rings is 2. The van der Waals surface area contributed by atoms with E-state index in [1.165, 1.54) is 5.01 Å². The van der Waals surface area contributed by atoms with Crippen LogP contribution in [0.15, 0.2) is 66.0 Å². The number of halogens is 3. The van der Waals surface area contributed by atoms with Crippen molar-refractivity contribution in [1.82, 2.24) is 25.1 Å². The van der Waals surface area contributed by atoms with Gasteiger partial charge in [-0.25, -0.2) is 9.99 Å². The van der Waals surface area contributed by atoms with Gasteiger partial charge in [0.1, 0.15) is 5.82 Å². The molecular weight excluding hydrogens is 511 g/mol. The van der Waals surface area contributed by atoms with Gasteiger partial charge < -0.3 is 11.1 Å². The molecule has 0 radical (unpaired) electrons. The molecule has 0 saturated carbocycles. The zero-order chi connectivity index (χ0) is 27.7. The van der Waals surface area contributed by atoms with Crippen molar-refractivity contribution in [2.45, 2.75) is 39.2 Å². The number of nitrogens with zero attached hydrogens (tertiary/aromatic N) is 5. The molecule has 0 saturated heterocycles. The molecule has 200 valence electrons. The monoisotopic (exact) mass is 535 g/mol. The van der Waals surface area contributed by atoms with E-state index in [1.807, 2.05) is 0 Å². The van der Waals surface area contributed by atoms with Crippen molar-refractivity contribution < 1.29 is 22.8 Å². The number of anilines is 1. The molecule has 2 amide bonds. The predicted octanol–water partition coefficient (Wildman–Crippen LogP) is 4.12. The fraction of sp³-hybridized carbons (Fsp3) is 0.222. The molecule has 0 fully saturated rings. The Labute approximate surface area is 221 Å². The highest BCUT2D eigenvalue weighted by Crippen LogP contribution is 2.31. The first-order valence-corrected chi connectivity index (χ1v) is 12.0. The first-order valence-electron chi connectivity index (χ1n) is 12.0. The van der Waals surface area contributed by atoms with Crippen LogP contribution in [0.1, 0.15) is 46.1 Å². The van der Waals surface area contributed by atoms with Gasteiger partial charge in [0.05, 0.1) is 25.1 Å². The quantitative estimate of drug-likeness (QED) is 0.369. The Hall–Kier alpha value is -4.74. The van der Waals surface area contributed by atoms with Gasteiger partial charge in [0.15, 0.2) is 5.69 Å². The SMILES string of the molecule is CC1=NN(Cc2ccc(Cn3cc(C(=O)NCc4ccc5c(N)nccc5c4)c(C(F)(F)F)n3)cc2)C(=O)C1. The topological polar surface area (TPSA) is 118 Å². The van der Waals surface area contributed by atoms with E-state index in [0.717, 1.165) is 32.9 Å². The standard InChI is InChI=1S/C27H24F3N7O2/c1-16-10-23(38)37(34-16)14-18-4-2-17(3-5-18)13-36-15-22(24(35-36)27(28,29)30)26(39)33-12-19-6-7-21-20(11-19)8-9-32-25(21)31/h2-9,11,15H,10,12-14H2,1H3,(H2,31,32)(H,33,39). The number of alkyl halides is 3. The van der Waals surface area contributed by atoms with Gasteiger partial charge in [-0.2, -0.15) is 23.4 Å². The zero-order valence-electron chi connectivity index (χ0n) is 20.9. The second kappa shape index (κ2) is 10.2. The number of rotatable bonds is 7. The molecule has 0 spiro atoms. The first kappa shape index (κ1) is 25.9. The van der Waals surface area contributed by atoms with E-state index >= 15 is 0 Å². The third-order valence-electron chi connectivity index (χ3n) is 6.27. The average Bonchev–Trinajstić information content (AvgIpc) is 3.46. The van der Waals surface area contributed by atoms with Crippen LogP contribution in [-0.2, 0) is 30.6 Å². The third-order valence-corrected chi connectivity index (χ3v) is 6.27. The van der Waals surface area contributed by atoms with Crippen molar-refractivity contribution in [3.8, 4) is 0 Å². The number of aromatic nitrogens is 3. The van der Waals surface area contributed by atoms with Crippen LogP contribution in [-0.4, -0.2) is 37.3 Å². The minimum Gasteiger partial charge on any atom is -0.383 e. The molecule has 0 bridgehead atoms. The summed E-state index contributed by atoms with van der Waals surface area (Å²) < 4.78 is 42.3. The summed E-state index contributed by atoms with van der Waals surface area (Å²) in [5.74, 6) is -0.600. The molecule has 2 aromatic heterocycles. The molecule has 3 N–H and O–H groups in total. The fourth-order valence-electron chi connectivity index (χ4n) is 4.36. The average molecular weight is 536 g/mol. The summed E-state index contributed by atoms with van der Waals surface area (Å²) in [5.41, 5.74) is 6.99. The van der Waals surface area contributed by atoms with Crippen LogP contribution in [0.25, 0.3) is 10.8 Å². The van der Waals surface area contributed by atoms with E-state index in [-0.39, 0.29) is 19.0 Å². The molecular formula is C27H24F3N7O2. The summed E-state index contributed by atoms with van der Waals surface area (Å²) >= 11 is 0. The molecule has 4 aromatic rings. The molecule has 0 aliphatic carbocycles. The Morgan fingerprint density at radius 1 is 1.05 bits per heavy atom. The normalized spacial score (nSPS) is 13.7. The summed E-state index contributed by atoms with van der Waals surface area (Å²) in [6, 6.07) is 14.1. The smallest absolute Gasteiger partial charge is 0.383 e. The minimum atomic E-state index is -4.81. The van der Waals surface area contributed by atoms with Gasteiger partial charge in [-0.05, 0) is 41.1 Å². The predicted molar refractivity (Wildman–Crippen MR) is 138 cm³/mol. The third kappa shape index (κ3) is 5.74. The van der Waals surface area contributed by atoms with Crippen LogP contribution >= 0.6 is 0 Å². The van der Waals surface area contributed by atoms with Crippen molar-refractivity contribution in [3.05, 3.63) is 88.9 Å². The molecule has 39 heavy (non-hydrogen) atoms. The van der Waals surface area contributed by atoms with E-state index in [1.54, 1.807) is 61.7 Å². The van der Waals surface area contributed by atoms with E-state index in [9.17, 15) is 22.8 Å². The highest BCUT2D eigenvalue weighted by molar-refractivity contribution is 6.03. The molecule has 3 heterocycles. The summed E-state index contributed by atoms with van der Waals surface area (Å²) in [7, 11) is 0. The number of hydrogen-bond donors (Lipinski definition) is 2. The van der Waals surface area contributed by atoms with E-state index in [2.05, 4.69) is 20.5 Å². The number of pyridine rings is 1. The number of nitrogens with one attached hydrogen (secondary N) is 1. The summed E-state index contributed by atoms with van der Waals surface area (Å²) in [6.07, 6.45) is -1.86. The van der Waals surface area contributed by atoms with Crippen LogP contribution in [0.4, 0.5) is 19.0 Å². The van der Waals surface area contributed by atoms with E-state index in [0.29, 0.717) is 29.9 Å². The number of hydrazone groups is 1. The second-order valence-electron chi connectivity index (χ2n) is 9.30. The Morgan fingerprint density at radius 2 is 1.74 bits per heavy atom. The molecule has 0 unspecified atom stereocenters. The maximum atomic E-state index is 13.7. The van der Waals surface area contributed by atoms with Crippen molar-refractivity contribution >= 4 is 34.1 Å². The molecule has 5 rings (SSSR count). The number of nitrogen functional groups attached to an aromatic ring is 1. The van der Waals surface area contributed by atoms with Gasteiger partial charge in [-0.3, -0.25) is 14.3 Å². The second-order valence-corrected chi connectivity index (χ2v) is 9.30. The molecule has 12 heteroatoms. The lowest BCUT2D eigenvalue weighted by Gasteiger charge is -2.12. The lowest BCUT2D eigenvalue weighted by molar-refractivity contribution is -0.141. The Bertz CT molecular complexity index is 1590. The van der Waals surface area contributed by atoms with Crippen LogP contribution in [0.2, 0.25) is 0 Å². The maximum absolute atomic E-state index is 13.7. The van der Waals surface area contributed by atoms with Crippen molar-refractivity contribution in [3.63, 3.8) is 0 Å². The number of carbonyl (C=O) groups is 2. The number of fused-ring (bicyclic) bond motifs is 1. The van der Waals surface area contributed by atoms with Gasteiger partial charge in [0.25, 0.3) is 5.91 Å². The number of amides is 2. The first-order chi connectivity index (χ1) is 18.6. The van der Waals surface area contributed by atoms with Gasteiger partial charge in [0, 0.05) is 30.0 Å². The fourth-order valence-corrected chi connectivity index (χ4v) is 4.36. The largest absolute Gasteiger partial charge is 0.435 e. The minimum absolute atomic E-state index is 0.0179. The summed E-state index contributed by atoms with van der Waals surface area (Å²) in [4.78, 5) is 28.7. The van der Waals surface area contributed by atoms with Crippen molar-refractivity contribution in [2.24, 2.45) is 5.10 Å². The van der Waals surface area contributed by atoms with E-state index in [4.69, 9.17) is 5.73 Å². The Kier molecular flexibility index (Phi) is 6.77. The summed E-state index contributed by atoms with van der Waals surface area (Å²) in [5, 5.41) is 13.4. The van der Waals surface area contributed by atoms with E-state index < -0.39 is 23.3 Å². The van der Waals surface area contributed by atoms with Crippen LogP contribution < -0.4 is 11.1 Å². The molecule has 1 aliphatic heterocycles. The molecule has 0 atom stereocenters. The van der Waals surface area contributed by atoms with Gasteiger partial charge in [-0.1, -0.05) is 36.4 Å². The Balaban J connectivity index is 1.28. The lowest BCUT2D eigenvalue weighted by atomic mass is 10.1. The maximum Gasteiger partial charge on any atom is 0.435 e. The van der Waals surface area contributed by atoms with Crippen LogP contribution in [0.5, 0.6) is 0 Å². The Morgan fingerprint density at radius 3 is 2.41 bits per heavy atom. The van der Waals surface area contributed by atoms with Gasteiger partial charge in [0.2, 0.25) is 5.91 Å². The molecule has 9 nitrogen and oxygen atoms in total. The number of nitrogens with two attached hydrogens (primary N) is 1. The number of carbonyl (C=O) groups excluding carboxylic acids is 2. The number of hydrogen-bond acceptors (Lipinski definition) is 6. The van der Waals surface area contributed by atoms with Gasteiger partial charge >= 0.3 is 6.18 Å². The molecule has 2 aromatic carbocycles. The summed E-state index contributed by atoms with van der Waals surface area (Å²) in [6.45, 7) is 2.13. The highest BCUT2D eigenvalue weighted by atomic mass is 19.4.